The van der Waals surface area contributed by atoms with Crippen LogP contribution in [-0.4, -0.2) is 14.8 Å². The monoisotopic (exact) mass is 272 g/mol. The first kappa shape index (κ1) is 14.6. The molecule has 0 bridgehead atoms. The summed E-state index contributed by atoms with van der Waals surface area (Å²) in [5.41, 5.74) is 9.49. The largest absolute Gasteiger partial charge is 0.383 e. The van der Waals surface area contributed by atoms with Gasteiger partial charge in [0.05, 0.1) is 5.69 Å². The second kappa shape index (κ2) is 6.55. The number of aryl methyl sites for hydroxylation is 1. The summed E-state index contributed by atoms with van der Waals surface area (Å²) in [6.45, 7) is 4.44. The molecule has 0 aliphatic rings. The summed E-state index contributed by atoms with van der Waals surface area (Å²) in [5, 5.41) is 4.69. The Balaban J connectivity index is 2.50. The number of hydrogen-bond donors (Lipinski definition) is 1. The van der Waals surface area contributed by atoms with Crippen molar-refractivity contribution in [2.75, 3.05) is 5.73 Å². The molecule has 108 valence electrons. The molecule has 0 saturated heterocycles. The van der Waals surface area contributed by atoms with Crippen molar-refractivity contribution in [3.63, 3.8) is 0 Å². The van der Waals surface area contributed by atoms with E-state index in [1.165, 1.54) is 0 Å². The van der Waals surface area contributed by atoms with Crippen molar-refractivity contribution in [3.05, 3.63) is 30.2 Å². The van der Waals surface area contributed by atoms with Gasteiger partial charge in [0.2, 0.25) is 0 Å². The summed E-state index contributed by atoms with van der Waals surface area (Å²) in [7, 11) is 1.91. The van der Waals surface area contributed by atoms with Crippen LogP contribution in [0.25, 0.3) is 11.1 Å². The quantitative estimate of drug-likeness (QED) is 0.871. The van der Waals surface area contributed by atoms with Crippen LogP contribution in [0.2, 0.25) is 0 Å². The third kappa shape index (κ3) is 2.84. The van der Waals surface area contributed by atoms with Gasteiger partial charge in [0.25, 0.3) is 0 Å². The smallest absolute Gasteiger partial charge is 0.129 e. The van der Waals surface area contributed by atoms with Crippen LogP contribution in [-0.2, 0) is 7.05 Å². The van der Waals surface area contributed by atoms with E-state index in [0.717, 1.165) is 48.3 Å². The highest BCUT2D eigenvalue weighted by atomic mass is 15.3. The van der Waals surface area contributed by atoms with Crippen molar-refractivity contribution in [1.82, 2.24) is 14.8 Å². The lowest BCUT2D eigenvalue weighted by atomic mass is 9.90. The molecule has 0 spiro atoms. The second-order valence-electron chi connectivity index (χ2n) is 5.29. The first-order chi connectivity index (χ1) is 9.69. The Kier molecular flexibility index (Phi) is 4.77. The van der Waals surface area contributed by atoms with Gasteiger partial charge in [0.1, 0.15) is 5.82 Å². The van der Waals surface area contributed by atoms with Gasteiger partial charge in [-0.3, -0.25) is 9.67 Å². The summed E-state index contributed by atoms with van der Waals surface area (Å²) < 4.78 is 1.79. The van der Waals surface area contributed by atoms with Gasteiger partial charge in [-0.05, 0) is 18.9 Å². The molecule has 4 heteroatoms. The molecule has 2 aromatic rings. The number of anilines is 1. The summed E-state index contributed by atoms with van der Waals surface area (Å²) in [6.07, 6.45) is 8.27. The summed E-state index contributed by atoms with van der Waals surface area (Å²) in [4.78, 5) is 4.21. The molecule has 0 atom stereocenters. The van der Waals surface area contributed by atoms with E-state index in [-0.39, 0.29) is 0 Å². The highest BCUT2D eigenvalue weighted by Crippen LogP contribution is 2.37. The average molecular weight is 272 g/mol. The SMILES string of the molecule is CCCC(CCC)c1nn(C)c(N)c1-c1cccnc1. The van der Waals surface area contributed by atoms with Gasteiger partial charge in [0.15, 0.2) is 0 Å². The maximum atomic E-state index is 6.24. The topological polar surface area (TPSA) is 56.7 Å². The van der Waals surface area contributed by atoms with E-state index in [1.807, 2.05) is 19.3 Å². The van der Waals surface area contributed by atoms with E-state index in [1.54, 1.807) is 10.9 Å². The fourth-order valence-corrected chi connectivity index (χ4v) is 2.77. The van der Waals surface area contributed by atoms with Crippen molar-refractivity contribution >= 4 is 5.82 Å². The van der Waals surface area contributed by atoms with Gasteiger partial charge in [-0.15, -0.1) is 0 Å². The van der Waals surface area contributed by atoms with Gasteiger partial charge in [-0.1, -0.05) is 32.8 Å². The molecule has 2 aromatic heterocycles. The third-order valence-corrected chi connectivity index (χ3v) is 3.73. The average Bonchev–Trinajstić information content (AvgIpc) is 2.75. The van der Waals surface area contributed by atoms with Crippen LogP contribution in [0.4, 0.5) is 5.82 Å². The molecule has 0 aliphatic carbocycles. The minimum Gasteiger partial charge on any atom is -0.383 e. The Hall–Kier alpha value is -1.84. The molecule has 2 rings (SSSR count). The Morgan fingerprint density at radius 2 is 1.95 bits per heavy atom. The van der Waals surface area contributed by atoms with Crippen LogP contribution >= 0.6 is 0 Å². The molecule has 4 nitrogen and oxygen atoms in total. The van der Waals surface area contributed by atoms with Gasteiger partial charge in [-0.2, -0.15) is 5.10 Å². The molecule has 0 amide bonds. The first-order valence-corrected chi connectivity index (χ1v) is 7.41. The highest BCUT2D eigenvalue weighted by Gasteiger charge is 2.22. The number of nitrogens with two attached hydrogens (primary N) is 1. The maximum Gasteiger partial charge on any atom is 0.129 e. The van der Waals surface area contributed by atoms with E-state index in [4.69, 9.17) is 5.73 Å². The van der Waals surface area contributed by atoms with Crippen molar-refractivity contribution in [2.24, 2.45) is 7.05 Å². The van der Waals surface area contributed by atoms with Crippen LogP contribution < -0.4 is 5.73 Å². The number of nitrogen functional groups attached to an aromatic ring is 1. The van der Waals surface area contributed by atoms with Crippen LogP contribution in [0.3, 0.4) is 0 Å². The number of hydrogen-bond acceptors (Lipinski definition) is 3. The lowest BCUT2D eigenvalue weighted by Gasteiger charge is -2.14. The zero-order chi connectivity index (χ0) is 14.5. The summed E-state index contributed by atoms with van der Waals surface area (Å²) >= 11 is 0. The summed E-state index contributed by atoms with van der Waals surface area (Å²) in [6, 6.07) is 4.00. The van der Waals surface area contributed by atoms with Gasteiger partial charge < -0.3 is 5.73 Å². The van der Waals surface area contributed by atoms with E-state index in [2.05, 4.69) is 30.0 Å². The molecule has 20 heavy (non-hydrogen) atoms. The van der Waals surface area contributed by atoms with E-state index >= 15 is 0 Å². The van der Waals surface area contributed by atoms with Crippen molar-refractivity contribution in [2.45, 2.75) is 45.4 Å². The standard InChI is InChI=1S/C16H24N4/c1-4-7-12(8-5-2)15-14(16(17)20(3)19-15)13-9-6-10-18-11-13/h6,9-12H,4-5,7-8,17H2,1-3H3. The van der Waals surface area contributed by atoms with Crippen molar-refractivity contribution in [3.8, 4) is 11.1 Å². The zero-order valence-corrected chi connectivity index (χ0v) is 12.6. The van der Waals surface area contributed by atoms with Gasteiger partial charge in [0, 0.05) is 36.5 Å². The first-order valence-electron chi connectivity index (χ1n) is 7.41. The second-order valence-corrected chi connectivity index (χ2v) is 5.29. The molecule has 0 unspecified atom stereocenters. The number of aromatic nitrogens is 3. The number of nitrogens with zero attached hydrogens (tertiary/aromatic N) is 3. The molecule has 2 heterocycles. The molecule has 2 N–H and O–H groups in total. The fraction of sp³-hybridized carbons (Fsp3) is 0.500. The lowest BCUT2D eigenvalue weighted by Crippen LogP contribution is -2.02. The Morgan fingerprint density at radius 1 is 1.25 bits per heavy atom. The van der Waals surface area contributed by atoms with Gasteiger partial charge in [-0.25, -0.2) is 0 Å². The number of rotatable bonds is 6. The van der Waals surface area contributed by atoms with Crippen LogP contribution in [0.15, 0.2) is 24.5 Å². The van der Waals surface area contributed by atoms with E-state index < -0.39 is 0 Å². The maximum absolute atomic E-state index is 6.24. The van der Waals surface area contributed by atoms with Crippen molar-refractivity contribution < 1.29 is 0 Å². The van der Waals surface area contributed by atoms with Gasteiger partial charge >= 0.3 is 0 Å². The normalized spacial score (nSPS) is 11.2. The van der Waals surface area contributed by atoms with Crippen molar-refractivity contribution in [1.29, 1.82) is 0 Å². The fourth-order valence-electron chi connectivity index (χ4n) is 2.77. The minimum absolute atomic E-state index is 0.476. The summed E-state index contributed by atoms with van der Waals surface area (Å²) in [5.74, 6) is 1.20. The number of pyridine rings is 1. The highest BCUT2D eigenvalue weighted by molar-refractivity contribution is 5.76. The molecule has 0 saturated carbocycles. The predicted molar refractivity (Wildman–Crippen MR) is 83.4 cm³/mol. The van der Waals surface area contributed by atoms with E-state index in [9.17, 15) is 0 Å². The molecular formula is C16H24N4. The Bertz CT molecular complexity index is 539. The molecule has 0 fully saturated rings. The van der Waals surface area contributed by atoms with Crippen LogP contribution in [0.5, 0.6) is 0 Å². The molecule has 0 radical (unpaired) electrons. The molecule has 0 aromatic carbocycles. The Labute approximate surface area is 121 Å². The van der Waals surface area contributed by atoms with E-state index in [0.29, 0.717) is 5.92 Å². The third-order valence-electron chi connectivity index (χ3n) is 3.73. The molecular weight excluding hydrogens is 248 g/mol. The molecule has 0 aliphatic heterocycles. The Morgan fingerprint density at radius 3 is 2.50 bits per heavy atom. The van der Waals surface area contributed by atoms with Crippen LogP contribution in [0.1, 0.15) is 51.1 Å². The zero-order valence-electron chi connectivity index (χ0n) is 12.6. The minimum atomic E-state index is 0.476. The lowest BCUT2D eigenvalue weighted by molar-refractivity contribution is 0.540. The predicted octanol–water partition coefficient (Wildman–Crippen LogP) is 3.75. The van der Waals surface area contributed by atoms with Crippen LogP contribution in [0, 0.1) is 0 Å².